The van der Waals surface area contributed by atoms with Crippen LogP contribution in [0.3, 0.4) is 0 Å². The van der Waals surface area contributed by atoms with Gasteiger partial charge in [0.25, 0.3) is 0 Å². The summed E-state index contributed by atoms with van der Waals surface area (Å²) in [6.45, 7) is 0.742. The molecule has 6 nitrogen and oxygen atoms in total. The lowest BCUT2D eigenvalue weighted by molar-refractivity contribution is 0.00900. The first-order valence-electron chi connectivity index (χ1n) is 7.66. The van der Waals surface area contributed by atoms with E-state index in [2.05, 4.69) is 5.32 Å². The van der Waals surface area contributed by atoms with Gasteiger partial charge in [0.2, 0.25) is 0 Å². The summed E-state index contributed by atoms with van der Waals surface area (Å²) >= 11 is 0. The number of fused-ring (bicyclic) bond motifs is 2. The van der Waals surface area contributed by atoms with Crippen LogP contribution in [-0.4, -0.2) is 43.7 Å². The molecule has 2 heterocycles. The molecule has 0 saturated carbocycles. The molecule has 2 saturated heterocycles. The molecule has 4 unspecified atom stereocenters. The van der Waals surface area contributed by atoms with Crippen LogP contribution >= 0.6 is 0 Å². The number of benzene rings is 2. The van der Waals surface area contributed by atoms with Gasteiger partial charge in [0.1, 0.15) is 12.2 Å². The van der Waals surface area contributed by atoms with Gasteiger partial charge in [0.05, 0.1) is 24.9 Å². The van der Waals surface area contributed by atoms with Crippen LogP contribution in [0.25, 0.3) is 10.8 Å². The predicted octanol–water partition coefficient (Wildman–Crippen LogP) is 1.88. The van der Waals surface area contributed by atoms with Crippen molar-refractivity contribution in [3.63, 3.8) is 0 Å². The summed E-state index contributed by atoms with van der Waals surface area (Å²) < 4.78 is 16.6. The van der Waals surface area contributed by atoms with Crippen molar-refractivity contribution >= 4 is 22.6 Å². The van der Waals surface area contributed by atoms with E-state index in [0.717, 1.165) is 10.8 Å². The van der Waals surface area contributed by atoms with Crippen molar-refractivity contribution in [2.45, 2.75) is 24.4 Å². The minimum Gasteiger partial charge on any atom is -0.441 e. The Morgan fingerprint density at radius 1 is 1.09 bits per heavy atom. The molecule has 1 amide bonds. The minimum absolute atomic E-state index is 0.158. The molecule has 2 aliphatic rings. The van der Waals surface area contributed by atoms with Crippen LogP contribution in [0.15, 0.2) is 42.5 Å². The number of anilines is 1. The molecule has 4 rings (SSSR count). The van der Waals surface area contributed by atoms with Crippen LogP contribution < -0.4 is 11.1 Å². The number of nitrogens with two attached hydrogens (primary N) is 1. The summed E-state index contributed by atoms with van der Waals surface area (Å²) in [5, 5.41) is 4.82. The summed E-state index contributed by atoms with van der Waals surface area (Å²) in [4.78, 5) is 12.2. The summed E-state index contributed by atoms with van der Waals surface area (Å²) in [5.41, 5.74) is 6.61. The third-order valence-electron chi connectivity index (χ3n) is 4.33. The maximum atomic E-state index is 12.2. The third-order valence-corrected chi connectivity index (χ3v) is 4.33. The molecule has 3 N–H and O–H groups in total. The predicted molar refractivity (Wildman–Crippen MR) is 85.3 cm³/mol. The van der Waals surface area contributed by atoms with Gasteiger partial charge in [-0.1, -0.05) is 36.4 Å². The first-order chi connectivity index (χ1) is 11.2. The van der Waals surface area contributed by atoms with Gasteiger partial charge in [0.15, 0.2) is 6.10 Å². The van der Waals surface area contributed by atoms with Gasteiger partial charge in [-0.25, -0.2) is 4.79 Å². The van der Waals surface area contributed by atoms with Gasteiger partial charge < -0.3 is 19.9 Å². The molecule has 0 radical (unpaired) electrons. The van der Waals surface area contributed by atoms with Crippen molar-refractivity contribution < 1.29 is 19.0 Å². The molecule has 2 aromatic rings. The van der Waals surface area contributed by atoms with E-state index in [4.69, 9.17) is 19.9 Å². The standard InChI is InChI=1S/C17H18N2O4/c18-12-8-21-16-14(9-22-15(12)16)23-17(20)19-13-7-3-5-10-4-1-2-6-11(10)13/h1-7,12,14-16H,8-9,18H2,(H,19,20). The zero-order chi connectivity index (χ0) is 15.8. The summed E-state index contributed by atoms with van der Waals surface area (Å²) in [7, 11) is 0. The Kier molecular flexibility index (Phi) is 3.65. The number of amides is 1. The zero-order valence-electron chi connectivity index (χ0n) is 12.5. The van der Waals surface area contributed by atoms with Gasteiger partial charge in [-0.3, -0.25) is 5.32 Å². The maximum absolute atomic E-state index is 12.2. The number of carbonyl (C=O) groups is 1. The highest BCUT2D eigenvalue weighted by Crippen LogP contribution is 2.28. The quantitative estimate of drug-likeness (QED) is 0.884. The maximum Gasteiger partial charge on any atom is 0.412 e. The van der Waals surface area contributed by atoms with Gasteiger partial charge in [-0.05, 0) is 11.5 Å². The van der Waals surface area contributed by atoms with E-state index in [1.54, 1.807) is 0 Å². The van der Waals surface area contributed by atoms with E-state index in [1.165, 1.54) is 0 Å². The molecule has 4 atom stereocenters. The normalized spacial score (nSPS) is 29.4. The Morgan fingerprint density at radius 3 is 2.78 bits per heavy atom. The van der Waals surface area contributed by atoms with Crippen LogP contribution in [0.1, 0.15) is 0 Å². The fourth-order valence-corrected chi connectivity index (χ4v) is 3.21. The van der Waals surface area contributed by atoms with Crippen LogP contribution in [0, 0.1) is 0 Å². The van der Waals surface area contributed by atoms with E-state index in [-0.39, 0.29) is 18.2 Å². The lowest BCUT2D eigenvalue weighted by Gasteiger charge is -2.17. The van der Waals surface area contributed by atoms with Gasteiger partial charge in [0, 0.05) is 5.39 Å². The van der Waals surface area contributed by atoms with E-state index >= 15 is 0 Å². The van der Waals surface area contributed by atoms with Crippen molar-refractivity contribution in [2.75, 3.05) is 18.5 Å². The first-order valence-corrected chi connectivity index (χ1v) is 7.66. The van der Waals surface area contributed by atoms with E-state index in [1.807, 2.05) is 42.5 Å². The highest BCUT2D eigenvalue weighted by atomic mass is 16.6. The highest BCUT2D eigenvalue weighted by molar-refractivity contribution is 6.00. The number of rotatable bonds is 2. The molecule has 2 aliphatic heterocycles. The van der Waals surface area contributed by atoms with Crippen molar-refractivity contribution in [3.05, 3.63) is 42.5 Å². The molecule has 2 aromatic carbocycles. The van der Waals surface area contributed by atoms with Gasteiger partial charge in [-0.2, -0.15) is 0 Å². The largest absolute Gasteiger partial charge is 0.441 e. The Bertz CT molecular complexity index is 730. The second-order valence-corrected chi connectivity index (χ2v) is 5.86. The average molecular weight is 314 g/mol. The SMILES string of the molecule is NC1COC2C(OC(=O)Nc3cccc4ccccc34)COC12. The summed E-state index contributed by atoms with van der Waals surface area (Å²) in [6, 6.07) is 13.4. The topological polar surface area (TPSA) is 82.8 Å². The van der Waals surface area contributed by atoms with Gasteiger partial charge in [-0.15, -0.1) is 0 Å². The Balaban J connectivity index is 1.46. The van der Waals surface area contributed by atoms with Crippen molar-refractivity contribution in [1.29, 1.82) is 0 Å². The molecule has 23 heavy (non-hydrogen) atoms. The van der Waals surface area contributed by atoms with Crippen LogP contribution in [-0.2, 0) is 14.2 Å². The number of hydrogen-bond donors (Lipinski definition) is 2. The van der Waals surface area contributed by atoms with E-state index < -0.39 is 12.2 Å². The van der Waals surface area contributed by atoms with Crippen LogP contribution in [0.4, 0.5) is 10.5 Å². The Hall–Kier alpha value is -2.15. The highest BCUT2D eigenvalue weighted by Gasteiger charge is 2.48. The Labute approximate surface area is 133 Å². The zero-order valence-corrected chi connectivity index (χ0v) is 12.5. The smallest absolute Gasteiger partial charge is 0.412 e. The molecular formula is C17H18N2O4. The van der Waals surface area contributed by atoms with E-state index in [9.17, 15) is 4.79 Å². The van der Waals surface area contributed by atoms with Crippen LogP contribution in [0.2, 0.25) is 0 Å². The molecule has 0 bridgehead atoms. The molecule has 2 fully saturated rings. The number of nitrogens with one attached hydrogen (secondary N) is 1. The molecule has 0 aromatic heterocycles. The molecule has 120 valence electrons. The first kappa shape index (κ1) is 14.4. The second-order valence-electron chi connectivity index (χ2n) is 5.86. The lowest BCUT2D eigenvalue weighted by Crippen LogP contribution is -2.38. The van der Waals surface area contributed by atoms with Gasteiger partial charge >= 0.3 is 6.09 Å². The van der Waals surface area contributed by atoms with Crippen molar-refractivity contribution in [2.24, 2.45) is 5.73 Å². The molecule has 6 heteroatoms. The molecular weight excluding hydrogens is 296 g/mol. The molecule has 0 spiro atoms. The summed E-state index contributed by atoms with van der Waals surface area (Å²) in [6.07, 6.45) is -1.41. The summed E-state index contributed by atoms with van der Waals surface area (Å²) in [5.74, 6) is 0. The van der Waals surface area contributed by atoms with E-state index in [0.29, 0.717) is 18.9 Å². The van der Waals surface area contributed by atoms with Crippen molar-refractivity contribution in [1.82, 2.24) is 0 Å². The minimum atomic E-state index is -0.514. The van der Waals surface area contributed by atoms with Crippen molar-refractivity contribution in [3.8, 4) is 0 Å². The average Bonchev–Trinajstić information content (AvgIpc) is 3.12. The number of hydrogen-bond acceptors (Lipinski definition) is 5. The second kappa shape index (κ2) is 5.81. The fourth-order valence-electron chi connectivity index (χ4n) is 3.21. The van der Waals surface area contributed by atoms with Crippen LogP contribution in [0.5, 0.6) is 0 Å². The number of carbonyl (C=O) groups excluding carboxylic acids is 1. The number of ether oxygens (including phenoxy) is 3. The molecule has 0 aliphatic carbocycles. The lowest BCUT2D eigenvalue weighted by atomic mass is 10.1. The third kappa shape index (κ3) is 2.65. The Morgan fingerprint density at radius 2 is 1.87 bits per heavy atom. The fraction of sp³-hybridized carbons (Fsp3) is 0.353. The monoisotopic (exact) mass is 314 g/mol.